The van der Waals surface area contributed by atoms with Gasteiger partial charge in [0, 0.05) is 27.4 Å². The minimum Gasteiger partial charge on any atom is -0.456 e. The molecule has 0 spiro atoms. The van der Waals surface area contributed by atoms with Gasteiger partial charge in [-0.05, 0) is 97.2 Å². The average molecular weight is 636 g/mol. The number of benzene rings is 9. The third-order valence-corrected chi connectivity index (χ3v) is 10.6. The number of nitrogens with zero attached hydrogens (tertiary/aromatic N) is 1. The van der Waals surface area contributed by atoms with Gasteiger partial charge in [0.25, 0.3) is 0 Å². The summed E-state index contributed by atoms with van der Waals surface area (Å²) in [5.41, 5.74) is 10.9. The zero-order chi connectivity index (χ0) is 32.8. The van der Waals surface area contributed by atoms with Crippen molar-refractivity contribution in [2.45, 2.75) is 0 Å². The first-order chi connectivity index (χ1) is 24.8. The van der Waals surface area contributed by atoms with E-state index in [9.17, 15) is 0 Å². The average Bonchev–Trinajstić information content (AvgIpc) is 3.52. The van der Waals surface area contributed by atoms with Gasteiger partial charge in [0.05, 0.1) is 11.0 Å². The fourth-order valence-corrected chi connectivity index (χ4v) is 8.51. The van der Waals surface area contributed by atoms with Crippen LogP contribution >= 0.6 is 0 Å². The Bertz CT molecular complexity index is 2890. The number of aromatic nitrogens is 1. The van der Waals surface area contributed by atoms with Crippen molar-refractivity contribution in [3.63, 3.8) is 0 Å². The molecule has 0 amide bonds. The lowest BCUT2D eigenvalue weighted by atomic mass is 9.83. The van der Waals surface area contributed by atoms with E-state index in [1.807, 2.05) is 6.07 Å². The first kappa shape index (κ1) is 27.3. The topological polar surface area (TPSA) is 14.2 Å². The lowest BCUT2D eigenvalue weighted by Crippen LogP contribution is -1.98. The van der Waals surface area contributed by atoms with Gasteiger partial charge in [0.2, 0.25) is 0 Å². The fourth-order valence-electron chi connectivity index (χ4n) is 8.51. The Balaban J connectivity index is 1.15. The third-order valence-electron chi connectivity index (χ3n) is 10.6. The second-order valence-electron chi connectivity index (χ2n) is 13.2. The Morgan fingerprint density at radius 1 is 0.320 bits per heavy atom. The van der Waals surface area contributed by atoms with Crippen molar-refractivity contribution in [1.29, 1.82) is 0 Å². The van der Waals surface area contributed by atoms with E-state index in [1.54, 1.807) is 0 Å². The predicted molar refractivity (Wildman–Crippen MR) is 210 cm³/mol. The molecule has 2 heteroatoms. The molecule has 0 saturated heterocycles. The molecule has 0 fully saturated rings. The molecule has 11 rings (SSSR count). The van der Waals surface area contributed by atoms with E-state index < -0.39 is 0 Å². The van der Waals surface area contributed by atoms with Crippen molar-refractivity contribution in [3.8, 4) is 50.6 Å². The Labute approximate surface area is 289 Å². The molecule has 2 heterocycles. The highest BCUT2D eigenvalue weighted by molar-refractivity contribution is 6.24. The molecule has 1 aliphatic heterocycles. The quantitative estimate of drug-likeness (QED) is 0.176. The predicted octanol–water partition coefficient (Wildman–Crippen LogP) is 13.3. The van der Waals surface area contributed by atoms with Gasteiger partial charge < -0.3 is 9.30 Å². The lowest BCUT2D eigenvalue weighted by molar-refractivity contribution is 0.487. The molecule has 0 saturated carbocycles. The van der Waals surface area contributed by atoms with Crippen LogP contribution in [0.2, 0.25) is 0 Å². The minimum atomic E-state index is 0.907. The van der Waals surface area contributed by atoms with Gasteiger partial charge in [-0.15, -0.1) is 0 Å². The summed E-state index contributed by atoms with van der Waals surface area (Å²) in [7, 11) is 0. The Hall–Kier alpha value is -6.64. The molecule has 0 atom stereocenters. The van der Waals surface area contributed by atoms with Crippen LogP contribution in [0.15, 0.2) is 176 Å². The molecule has 0 radical (unpaired) electrons. The zero-order valence-electron chi connectivity index (χ0n) is 27.1. The Morgan fingerprint density at radius 2 is 0.840 bits per heavy atom. The highest BCUT2D eigenvalue weighted by Gasteiger charge is 2.24. The molecule has 232 valence electrons. The third kappa shape index (κ3) is 3.79. The second-order valence-corrected chi connectivity index (χ2v) is 13.2. The lowest BCUT2D eigenvalue weighted by Gasteiger charge is -2.24. The molecular formula is C48H29NO. The highest BCUT2D eigenvalue weighted by Crippen LogP contribution is 2.51. The number of ether oxygens (including phenoxy) is 1. The van der Waals surface area contributed by atoms with Crippen LogP contribution in [0.3, 0.4) is 0 Å². The van der Waals surface area contributed by atoms with E-state index in [0.717, 1.165) is 22.7 Å². The normalized spacial score (nSPS) is 12.2. The van der Waals surface area contributed by atoms with Gasteiger partial charge in [0.1, 0.15) is 11.5 Å². The van der Waals surface area contributed by atoms with Crippen LogP contribution in [0.4, 0.5) is 0 Å². The number of para-hydroxylation sites is 3. The van der Waals surface area contributed by atoms with E-state index in [0.29, 0.717) is 0 Å². The van der Waals surface area contributed by atoms with Gasteiger partial charge in [-0.25, -0.2) is 0 Å². The molecular weight excluding hydrogens is 607 g/mol. The summed E-state index contributed by atoms with van der Waals surface area (Å²) in [5, 5.41) is 9.88. The van der Waals surface area contributed by atoms with Crippen molar-refractivity contribution in [2.24, 2.45) is 0 Å². The fraction of sp³-hybridized carbons (Fsp3) is 0. The maximum Gasteiger partial charge on any atom is 0.135 e. The van der Waals surface area contributed by atoms with Gasteiger partial charge in [0.15, 0.2) is 0 Å². The summed E-state index contributed by atoms with van der Waals surface area (Å²) in [4.78, 5) is 0. The van der Waals surface area contributed by atoms with Gasteiger partial charge in [-0.2, -0.15) is 0 Å². The molecule has 0 aliphatic carbocycles. The van der Waals surface area contributed by atoms with Gasteiger partial charge in [-0.1, -0.05) is 133 Å². The molecule has 50 heavy (non-hydrogen) atoms. The van der Waals surface area contributed by atoms with Crippen LogP contribution in [-0.2, 0) is 0 Å². The summed E-state index contributed by atoms with van der Waals surface area (Å²) in [5.74, 6) is 1.82. The Kier molecular flexibility index (Phi) is 5.70. The second kappa shape index (κ2) is 10.4. The number of hydrogen-bond acceptors (Lipinski definition) is 1. The summed E-state index contributed by atoms with van der Waals surface area (Å²) in [6.07, 6.45) is 0. The number of fused-ring (bicyclic) bond motifs is 7. The largest absolute Gasteiger partial charge is 0.456 e. The maximum absolute atomic E-state index is 6.47. The van der Waals surface area contributed by atoms with E-state index >= 15 is 0 Å². The molecule has 0 unspecified atom stereocenters. The molecule has 9 aromatic carbocycles. The smallest absolute Gasteiger partial charge is 0.135 e. The van der Waals surface area contributed by atoms with Crippen LogP contribution in [0.25, 0.3) is 93.2 Å². The van der Waals surface area contributed by atoms with E-state index in [2.05, 4.69) is 174 Å². The van der Waals surface area contributed by atoms with Crippen molar-refractivity contribution < 1.29 is 4.74 Å². The number of rotatable bonds is 3. The van der Waals surface area contributed by atoms with Crippen LogP contribution in [-0.4, -0.2) is 4.57 Å². The van der Waals surface area contributed by atoms with E-state index in [4.69, 9.17) is 4.74 Å². The van der Waals surface area contributed by atoms with Crippen molar-refractivity contribution in [3.05, 3.63) is 176 Å². The zero-order valence-corrected chi connectivity index (χ0v) is 27.1. The summed E-state index contributed by atoms with van der Waals surface area (Å²) in [6, 6.07) is 63.7. The molecule has 1 aromatic heterocycles. The molecule has 10 aromatic rings. The van der Waals surface area contributed by atoms with Gasteiger partial charge >= 0.3 is 0 Å². The standard InChI is InChI=1S/C48H29NO/c1-3-17-38-36(15-1)46(30-24-26-31(27-25-30)49-42-21-8-5-12-32(42)33-13-6-9-22-43(33)49)37-16-2-4-18-39(37)47(38)41-28-29-45-48-35(19-11-20-40(41)48)34-14-7-10-23-44(34)50-45/h1-29H. The monoisotopic (exact) mass is 635 g/mol. The summed E-state index contributed by atoms with van der Waals surface area (Å²) < 4.78 is 8.86. The van der Waals surface area contributed by atoms with Gasteiger partial charge in [-0.3, -0.25) is 0 Å². The van der Waals surface area contributed by atoms with Crippen molar-refractivity contribution in [1.82, 2.24) is 4.57 Å². The van der Waals surface area contributed by atoms with E-state index in [1.165, 1.54) is 81.9 Å². The van der Waals surface area contributed by atoms with Crippen LogP contribution in [0, 0.1) is 0 Å². The first-order valence-electron chi connectivity index (χ1n) is 17.2. The maximum atomic E-state index is 6.47. The van der Waals surface area contributed by atoms with E-state index in [-0.39, 0.29) is 0 Å². The highest BCUT2D eigenvalue weighted by atomic mass is 16.5. The van der Waals surface area contributed by atoms with Crippen LogP contribution < -0.4 is 4.74 Å². The first-order valence-corrected chi connectivity index (χ1v) is 17.2. The number of hydrogen-bond donors (Lipinski definition) is 0. The molecule has 1 aliphatic rings. The minimum absolute atomic E-state index is 0.907. The van der Waals surface area contributed by atoms with Crippen molar-refractivity contribution >= 4 is 54.1 Å². The summed E-state index contributed by atoms with van der Waals surface area (Å²) >= 11 is 0. The van der Waals surface area contributed by atoms with Crippen LogP contribution in [0.1, 0.15) is 0 Å². The molecule has 0 N–H and O–H groups in total. The van der Waals surface area contributed by atoms with Crippen molar-refractivity contribution in [2.75, 3.05) is 0 Å². The van der Waals surface area contributed by atoms with Crippen LogP contribution in [0.5, 0.6) is 11.5 Å². The SMILES string of the molecule is c1ccc2c(c1)Oc1ccc(-c3c4ccccc4c(-c4ccc(-n5c6ccccc6c6ccccc65)cc4)c4ccccc34)c3cccc-2c13. The molecule has 0 bridgehead atoms. The Morgan fingerprint density at radius 3 is 1.50 bits per heavy atom. The summed E-state index contributed by atoms with van der Waals surface area (Å²) in [6.45, 7) is 0. The molecule has 2 nitrogen and oxygen atoms in total.